The molecule has 0 aliphatic carbocycles. The van der Waals surface area contributed by atoms with E-state index in [9.17, 15) is 4.79 Å². The molecule has 0 aliphatic rings. The maximum atomic E-state index is 12.5. The van der Waals surface area contributed by atoms with Crippen molar-refractivity contribution in [3.63, 3.8) is 0 Å². The molecule has 1 heterocycles. The second-order valence-corrected chi connectivity index (χ2v) is 6.17. The molecular weight excluding hydrogens is 340 g/mol. The number of nitrogens with one attached hydrogen (secondary N) is 1. The number of benzene rings is 3. The number of rotatable bonds is 4. The van der Waals surface area contributed by atoms with Crippen LogP contribution in [0.3, 0.4) is 0 Å². The number of hydrogen-bond acceptors (Lipinski definition) is 4. The minimum atomic E-state index is -0.156. The first-order valence-electron chi connectivity index (χ1n) is 8.56. The zero-order valence-electron chi connectivity index (χ0n) is 15.0. The van der Waals surface area contributed by atoms with Crippen molar-refractivity contribution in [2.75, 3.05) is 12.4 Å². The van der Waals surface area contributed by atoms with E-state index in [1.807, 2.05) is 61.5 Å². The molecule has 0 unspecified atom stereocenters. The Bertz CT molecular complexity index is 1130. The first kappa shape index (κ1) is 16.8. The number of aromatic nitrogens is 1. The molecule has 5 nitrogen and oxygen atoms in total. The van der Waals surface area contributed by atoms with Gasteiger partial charge in [-0.2, -0.15) is 0 Å². The molecule has 0 radical (unpaired) electrons. The van der Waals surface area contributed by atoms with Gasteiger partial charge in [0.2, 0.25) is 5.89 Å². The minimum absolute atomic E-state index is 0.156. The molecule has 1 amide bonds. The van der Waals surface area contributed by atoms with E-state index in [4.69, 9.17) is 9.15 Å². The summed E-state index contributed by atoms with van der Waals surface area (Å²) >= 11 is 0. The number of methoxy groups -OCH3 is 1. The van der Waals surface area contributed by atoms with Gasteiger partial charge in [0.25, 0.3) is 5.91 Å². The standard InChI is InChI=1S/C22H18N2O3/c1-14-7-3-4-8-16(14)21(25)23-15-11-12-18-20(13-15)27-22(24-18)17-9-5-6-10-19(17)26-2/h3-13H,1-2H3,(H,23,25). The molecule has 0 atom stereocenters. The van der Waals surface area contributed by atoms with Gasteiger partial charge >= 0.3 is 0 Å². The third kappa shape index (κ3) is 3.27. The fourth-order valence-electron chi connectivity index (χ4n) is 2.96. The van der Waals surface area contributed by atoms with Crippen molar-refractivity contribution in [3.05, 3.63) is 77.9 Å². The summed E-state index contributed by atoms with van der Waals surface area (Å²) in [4.78, 5) is 17.0. The van der Waals surface area contributed by atoms with Gasteiger partial charge in [-0.05, 0) is 42.8 Å². The Morgan fingerprint density at radius 2 is 1.81 bits per heavy atom. The summed E-state index contributed by atoms with van der Waals surface area (Å²) in [6, 6.07) is 20.4. The van der Waals surface area contributed by atoms with Crippen molar-refractivity contribution < 1.29 is 13.9 Å². The lowest BCUT2D eigenvalue weighted by atomic mass is 10.1. The van der Waals surface area contributed by atoms with Crippen LogP contribution in [0.1, 0.15) is 15.9 Å². The number of carbonyl (C=O) groups excluding carboxylic acids is 1. The molecule has 4 aromatic rings. The monoisotopic (exact) mass is 358 g/mol. The van der Waals surface area contributed by atoms with Crippen LogP contribution in [0, 0.1) is 6.92 Å². The third-order valence-electron chi connectivity index (χ3n) is 4.37. The van der Waals surface area contributed by atoms with Gasteiger partial charge in [-0.1, -0.05) is 30.3 Å². The highest BCUT2D eigenvalue weighted by atomic mass is 16.5. The van der Waals surface area contributed by atoms with E-state index in [0.29, 0.717) is 34.0 Å². The summed E-state index contributed by atoms with van der Waals surface area (Å²) in [5.74, 6) is 1.01. The third-order valence-corrected chi connectivity index (χ3v) is 4.37. The van der Waals surface area contributed by atoms with Crippen molar-refractivity contribution >= 4 is 22.7 Å². The van der Waals surface area contributed by atoms with Gasteiger partial charge in [-0.3, -0.25) is 4.79 Å². The Morgan fingerprint density at radius 1 is 1.04 bits per heavy atom. The van der Waals surface area contributed by atoms with Crippen molar-refractivity contribution in [2.24, 2.45) is 0 Å². The van der Waals surface area contributed by atoms with E-state index < -0.39 is 0 Å². The Balaban J connectivity index is 1.65. The first-order valence-corrected chi connectivity index (χ1v) is 8.56. The molecule has 1 N–H and O–H groups in total. The number of aryl methyl sites for hydroxylation is 1. The fourth-order valence-corrected chi connectivity index (χ4v) is 2.96. The Hall–Kier alpha value is -3.60. The predicted octanol–water partition coefficient (Wildman–Crippen LogP) is 5.06. The van der Waals surface area contributed by atoms with Crippen molar-refractivity contribution in [3.8, 4) is 17.2 Å². The van der Waals surface area contributed by atoms with Crippen LogP contribution < -0.4 is 10.1 Å². The average molecular weight is 358 g/mol. The first-order chi connectivity index (χ1) is 13.2. The molecular formula is C22H18N2O3. The molecule has 0 saturated carbocycles. The van der Waals surface area contributed by atoms with Gasteiger partial charge in [0, 0.05) is 17.3 Å². The lowest BCUT2D eigenvalue weighted by molar-refractivity contribution is 0.102. The number of fused-ring (bicyclic) bond motifs is 1. The molecule has 4 rings (SSSR count). The number of amides is 1. The van der Waals surface area contributed by atoms with Crippen LogP contribution in [0.15, 0.2) is 71.1 Å². The SMILES string of the molecule is COc1ccccc1-c1nc2ccc(NC(=O)c3ccccc3C)cc2o1. The number of ether oxygens (including phenoxy) is 1. The molecule has 1 aromatic heterocycles. The summed E-state index contributed by atoms with van der Waals surface area (Å²) in [5, 5.41) is 2.91. The van der Waals surface area contributed by atoms with E-state index in [0.717, 1.165) is 11.1 Å². The summed E-state index contributed by atoms with van der Waals surface area (Å²) in [6.45, 7) is 1.91. The zero-order chi connectivity index (χ0) is 18.8. The Kier molecular flexibility index (Phi) is 4.34. The number of oxazole rings is 1. The van der Waals surface area contributed by atoms with Gasteiger partial charge in [0.05, 0.1) is 12.7 Å². The highest BCUT2D eigenvalue weighted by molar-refractivity contribution is 6.05. The molecule has 0 bridgehead atoms. The number of anilines is 1. The summed E-state index contributed by atoms with van der Waals surface area (Å²) in [5.41, 5.74) is 4.31. The smallest absolute Gasteiger partial charge is 0.255 e. The quantitative estimate of drug-likeness (QED) is 0.553. The van der Waals surface area contributed by atoms with Crippen molar-refractivity contribution in [2.45, 2.75) is 6.92 Å². The van der Waals surface area contributed by atoms with E-state index >= 15 is 0 Å². The minimum Gasteiger partial charge on any atom is -0.496 e. The molecule has 0 spiro atoms. The van der Waals surface area contributed by atoms with Crippen LogP contribution >= 0.6 is 0 Å². The fraction of sp³-hybridized carbons (Fsp3) is 0.0909. The van der Waals surface area contributed by atoms with E-state index in [2.05, 4.69) is 10.3 Å². The summed E-state index contributed by atoms with van der Waals surface area (Å²) < 4.78 is 11.3. The van der Waals surface area contributed by atoms with Gasteiger partial charge < -0.3 is 14.5 Å². The largest absolute Gasteiger partial charge is 0.496 e. The summed E-state index contributed by atoms with van der Waals surface area (Å²) in [6.07, 6.45) is 0. The summed E-state index contributed by atoms with van der Waals surface area (Å²) in [7, 11) is 1.61. The molecule has 134 valence electrons. The molecule has 5 heteroatoms. The molecule has 3 aromatic carbocycles. The van der Waals surface area contributed by atoms with E-state index in [1.54, 1.807) is 19.2 Å². The predicted molar refractivity (Wildman–Crippen MR) is 105 cm³/mol. The van der Waals surface area contributed by atoms with Gasteiger partial charge in [-0.15, -0.1) is 0 Å². The van der Waals surface area contributed by atoms with Crippen molar-refractivity contribution in [1.82, 2.24) is 4.98 Å². The van der Waals surface area contributed by atoms with E-state index in [-0.39, 0.29) is 5.91 Å². The van der Waals surface area contributed by atoms with Crippen LogP contribution in [0.5, 0.6) is 5.75 Å². The van der Waals surface area contributed by atoms with Crippen LogP contribution in [-0.4, -0.2) is 18.0 Å². The van der Waals surface area contributed by atoms with Crippen LogP contribution in [0.2, 0.25) is 0 Å². The zero-order valence-corrected chi connectivity index (χ0v) is 15.0. The number of para-hydroxylation sites is 1. The van der Waals surface area contributed by atoms with Gasteiger partial charge in [0.15, 0.2) is 5.58 Å². The molecule has 0 aliphatic heterocycles. The average Bonchev–Trinajstić information content (AvgIpc) is 3.11. The highest BCUT2D eigenvalue weighted by Crippen LogP contribution is 2.32. The second-order valence-electron chi connectivity index (χ2n) is 6.17. The molecule has 27 heavy (non-hydrogen) atoms. The molecule has 0 saturated heterocycles. The second kappa shape index (κ2) is 6.96. The lowest BCUT2D eigenvalue weighted by Gasteiger charge is -2.07. The van der Waals surface area contributed by atoms with Crippen LogP contribution in [0.25, 0.3) is 22.6 Å². The van der Waals surface area contributed by atoms with Crippen LogP contribution in [-0.2, 0) is 0 Å². The lowest BCUT2D eigenvalue weighted by Crippen LogP contribution is -2.13. The molecule has 0 fully saturated rings. The maximum absolute atomic E-state index is 12.5. The van der Waals surface area contributed by atoms with Gasteiger partial charge in [0.1, 0.15) is 11.3 Å². The van der Waals surface area contributed by atoms with Crippen molar-refractivity contribution in [1.29, 1.82) is 0 Å². The maximum Gasteiger partial charge on any atom is 0.255 e. The normalized spacial score (nSPS) is 10.7. The van der Waals surface area contributed by atoms with E-state index in [1.165, 1.54) is 0 Å². The topological polar surface area (TPSA) is 64.4 Å². The van der Waals surface area contributed by atoms with Crippen LogP contribution in [0.4, 0.5) is 5.69 Å². The number of hydrogen-bond donors (Lipinski definition) is 1. The Labute approximate surface area is 156 Å². The number of carbonyl (C=O) groups is 1. The van der Waals surface area contributed by atoms with Gasteiger partial charge in [-0.25, -0.2) is 4.98 Å². The number of nitrogens with zero attached hydrogens (tertiary/aromatic N) is 1. The Morgan fingerprint density at radius 3 is 2.63 bits per heavy atom. The highest BCUT2D eigenvalue weighted by Gasteiger charge is 2.14.